The number of rotatable bonds is 7. The maximum Gasteiger partial charge on any atom is 0.172 e. The summed E-state index contributed by atoms with van der Waals surface area (Å²) in [6.45, 7) is 0. The smallest absolute Gasteiger partial charge is 0.172 e. The van der Waals surface area contributed by atoms with E-state index in [0.29, 0.717) is 15.9 Å². The average molecular weight is 511 g/mol. The molecule has 5 rings (SSSR count). The van der Waals surface area contributed by atoms with Crippen molar-refractivity contribution in [3.8, 4) is 0 Å². The minimum atomic E-state index is -3.36. The first-order valence-corrected chi connectivity index (χ1v) is 15.7. The Morgan fingerprint density at radius 1 is 0.514 bits per heavy atom. The zero-order chi connectivity index (χ0) is 24.1. The predicted octanol–water partition coefficient (Wildman–Crippen LogP) is 7.07. The number of benzene rings is 4. The molecular formula is C30H24O2P2S. The molecule has 5 aromatic rings. The third kappa shape index (κ3) is 4.56. The molecule has 5 heteroatoms. The summed E-state index contributed by atoms with van der Waals surface area (Å²) in [6, 6.07) is 42.0. The summed E-state index contributed by atoms with van der Waals surface area (Å²) in [5.74, 6) is 1.81. The summed E-state index contributed by atoms with van der Waals surface area (Å²) in [7, 11) is -6.65. The minimum absolute atomic E-state index is 0.612. The normalized spacial score (nSPS) is 12.4. The summed E-state index contributed by atoms with van der Waals surface area (Å²) < 4.78 is 30.4. The van der Waals surface area contributed by atoms with E-state index in [2.05, 4.69) is 0 Å². The Labute approximate surface area is 210 Å². The van der Waals surface area contributed by atoms with Gasteiger partial charge in [0.25, 0.3) is 0 Å². The lowest BCUT2D eigenvalue weighted by atomic mass is 10.4. The van der Waals surface area contributed by atoms with Crippen LogP contribution in [0.3, 0.4) is 0 Å². The predicted molar refractivity (Wildman–Crippen MR) is 152 cm³/mol. The molecule has 0 N–H and O–H groups in total. The van der Waals surface area contributed by atoms with Crippen LogP contribution in [0.5, 0.6) is 0 Å². The molecule has 1 heterocycles. The molecule has 0 spiro atoms. The SMILES string of the molecule is O=P(/C=C(\c1cccs1)P(=O)(c1ccccc1)c1ccccc1)(c1ccccc1)c1ccccc1. The lowest BCUT2D eigenvalue weighted by Gasteiger charge is -2.25. The highest BCUT2D eigenvalue weighted by Crippen LogP contribution is 2.62. The summed E-state index contributed by atoms with van der Waals surface area (Å²) in [5.41, 5.74) is 0. The maximum atomic E-state index is 15.4. The molecule has 0 radical (unpaired) electrons. The van der Waals surface area contributed by atoms with Crippen LogP contribution in [0.1, 0.15) is 4.88 Å². The van der Waals surface area contributed by atoms with E-state index < -0.39 is 14.3 Å². The van der Waals surface area contributed by atoms with Gasteiger partial charge in [-0.1, -0.05) is 127 Å². The van der Waals surface area contributed by atoms with Crippen LogP contribution < -0.4 is 21.2 Å². The molecule has 0 fully saturated rings. The fraction of sp³-hybridized carbons (Fsp3) is 0. The molecular weight excluding hydrogens is 486 g/mol. The minimum Gasteiger partial charge on any atom is -0.309 e. The Bertz CT molecular complexity index is 1430. The summed E-state index contributed by atoms with van der Waals surface area (Å²) >= 11 is 1.52. The van der Waals surface area contributed by atoms with Gasteiger partial charge in [-0.2, -0.15) is 0 Å². The van der Waals surface area contributed by atoms with Gasteiger partial charge >= 0.3 is 0 Å². The van der Waals surface area contributed by atoms with E-state index in [9.17, 15) is 0 Å². The highest BCUT2D eigenvalue weighted by Gasteiger charge is 2.37. The van der Waals surface area contributed by atoms with Crippen molar-refractivity contribution in [1.29, 1.82) is 0 Å². The maximum absolute atomic E-state index is 15.4. The van der Waals surface area contributed by atoms with Crippen LogP contribution >= 0.6 is 25.6 Å². The van der Waals surface area contributed by atoms with Crippen LogP contribution in [0.25, 0.3) is 5.31 Å². The van der Waals surface area contributed by atoms with Crippen molar-refractivity contribution in [3.05, 3.63) is 150 Å². The fourth-order valence-electron chi connectivity index (χ4n) is 4.20. The first kappa shape index (κ1) is 23.5. The van der Waals surface area contributed by atoms with Gasteiger partial charge in [-0.05, 0) is 17.3 Å². The van der Waals surface area contributed by atoms with Gasteiger partial charge in [0.15, 0.2) is 14.3 Å². The van der Waals surface area contributed by atoms with E-state index in [1.807, 2.05) is 145 Å². The van der Waals surface area contributed by atoms with Gasteiger partial charge in [0.1, 0.15) is 0 Å². The second kappa shape index (κ2) is 10.2. The highest BCUT2D eigenvalue weighted by atomic mass is 32.1. The van der Waals surface area contributed by atoms with Crippen molar-refractivity contribution in [2.24, 2.45) is 0 Å². The van der Waals surface area contributed by atoms with Crippen LogP contribution in [0.15, 0.2) is 145 Å². The van der Waals surface area contributed by atoms with Gasteiger partial charge < -0.3 is 9.13 Å². The molecule has 0 aliphatic heterocycles. The van der Waals surface area contributed by atoms with Gasteiger partial charge in [0.2, 0.25) is 0 Å². The Kier molecular flexibility index (Phi) is 6.84. The van der Waals surface area contributed by atoms with Crippen molar-refractivity contribution < 1.29 is 9.13 Å². The fourth-order valence-corrected chi connectivity index (χ4v) is 11.3. The first-order valence-electron chi connectivity index (χ1n) is 11.3. The first-order chi connectivity index (χ1) is 17.1. The zero-order valence-electron chi connectivity index (χ0n) is 19.0. The van der Waals surface area contributed by atoms with Gasteiger partial charge in [-0.3, -0.25) is 0 Å². The molecule has 0 aliphatic carbocycles. The number of thiophene rings is 1. The van der Waals surface area contributed by atoms with E-state index >= 15 is 9.13 Å². The third-order valence-corrected chi connectivity index (χ3v) is 13.0. The second-order valence-corrected chi connectivity index (χ2v) is 14.4. The molecule has 0 unspecified atom stereocenters. The van der Waals surface area contributed by atoms with E-state index in [-0.39, 0.29) is 0 Å². The topological polar surface area (TPSA) is 34.1 Å². The van der Waals surface area contributed by atoms with Crippen molar-refractivity contribution in [3.63, 3.8) is 0 Å². The van der Waals surface area contributed by atoms with E-state index in [4.69, 9.17) is 0 Å². The standard InChI is InChI=1S/C30H24O2P2S/c31-33(25-14-5-1-6-15-25,26-16-7-2-8-17-26)24-29(30-22-13-23-35-30)34(32,27-18-9-3-10-19-27)28-20-11-4-12-21-28/h1-24H/b29-24+. The molecule has 0 aliphatic rings. The van der Waals surface area contributed by atoms with E-state index in [1.54, 1.807) is 0 Å². The number of hydrogen-bond donors (Lipinski definition) is 0. The molecule has 35 heavy (non-hydrogen) atoms. The molecule has 0 bridgehead atoms. The molecule has 0 amide bonds. The van der Waals surface area contributed by atoms with Crippen molar-refractivity contribution in [1.82, 2.24) is 0 Å². The van der Waals surface area contributed by atoms with Crippen molar-refractivity contribution in [2.45, 2.75) is 0 Å². The molecule has 2 nitrogen and oxygen atoms in total. The van der Waals surface area contributed by atoms with Crippen LogP contribution in [-0.4, -0.2) is 0 Å². The van der Waals surface area contributed by atoms with E-state index in [0.717, 1.165) is 15.5 Å². The van der Waals surface area contributed by atoms with Crippen molar-refractivity contribution >= 4 is 52.2 Å². The number of hydrogen-bond acceptors (Lipinski definition) is 3. The Morgan fingerprint density at radius 3 is 1.29 bits per heavy atom. The Balaban J connectivity index is 1.87. The largest absolute Gasteiger partial charge is 0.309 e. The molecule has 1 aromatic heterocycles. The van der Waals surface area contributed by atoms with Gasteiger partial charge in [0.05, 0.1) is 0 Å². The third-order valence-electron chi connectivity index (χ3n) is 5.94. The monoisotopic (exact) mass is 510 g/mol. The lowest BCUT2D eigenvalue weighted by Crippen LogP contribution is -2.18. The molecule has 172 valence electrons. The Morgan fingerprint density at radius 2 is 0.914 bits per heavy atom. The van der Waals surface area contributed by atoms with E-state index in [1.165, 1.54) is 11.3 Å². The summed E-state index contributed by atoms with van der Waals surface area (Å²) in [6.07, 6.45) is 0. The molecule has 4 aromatic carbocycles. The van der Waals surface area contributed by atoms with Crippen molar-refractivity contribution in [2.75, 3.05) is 0 Å². The van der Waals surface area contributed by atoms with Crippen LogP contribution in [0.2, 0.25) is 0 Å². The quantitative estimate of drug-likeness (QED) is 0.219. The zero-order valence-corrected chi connectivity index (χ0v) is 21.6. The van der Waals surface area contributed by atoms with Gasteiger partial charge in [0, 0.05) is 31.4 Å². The van der Waals surface area contributed by atoms with Crippen LogP contribution in [0.4, 0.5) is 0 Å². The van der Waals surface area contributed by atoms with Crippen LogP contribution in [0, 0.1) is 0 Å². The Hall–Kier alpha value is -3.22. The van der Waals surface area contributed by atoms with Gasteiger partial charge in [-0.25, -0.2) is 0 Å². The second-order valence-electron chi connectivity index (χ2n) is 8.10. The van der Waals surface area contributed by atoms with Crippen LogP contribution in [-0.2, 0) is 9.13 Å². The lowest BCUT2D eigenvalue weighted by molar-refractivity contribution is 0.590. The summed E-state index contributed by atoms with van der Waals surface area (Å²) in [5, 5.41) is 5.46. The average Bonchev–Trinajstić information content (AvgIpc) is 3.48. The summed E-state index contributed by atoms with van der Waals surface area (Å²) in [4.78, 5) is 0.855. The molecule has 0 saturated carbocycles. The molecule has 0 saturated heterocycles. The molecule has 0 atom stereocenters. The highest BCUT2D eigenvalue weighted by molar-refractivity contribution is 7.90. The van der Waals surface area contributed by atoms with Gasteiger partial charge in [-0.15, -0.1) is 11.3 Å².